The molecule has 0 fully saturated rings. The van der Waals surface area contributed by atoms with Crippen molar-refractivity contribution >= 4 is 21.8 Å². The second kappa shape index (κ2) is 5.69. The van der Waals surface area contributed by atoms with E-state index in [4.69, 9.17) is 5.26 Å². The normalized spacial score (nSPS) is 11.6. The minimum Gasteiger partial charge on any atom is -0.507 e. The zero-order valence-electron chi connectivity index (χ0n) is 9.64. The van der Waals surface area contributed by atoms with Crippen LogP contribution in [0.2, 0.25) is 0 Å². The largest absolute Gasteiger partial charge is 0.507 e. The van der Waals surface area contributed by atoms with Gasteiger partial charge in [-0.3, -0.25) is 4.79 Å². The molecule has 0 aliphatic rings. The Bertz CT molecular complexity index is 468. The van der Waals surface area contributed by atoms with Crippen LogP contribution in [0.4, 0.5) is 0 Å². The number of hydrogen-bond donors (Lipinski definition) is 1. The maximum absolute atomic E-state index is 12.0. The molecule has 0 saturated heterocycles. The lowest BCUT2D eigenvalue weighted by Crippen LogP contribution is -2.34. The molecule has 1 N–H and O–H groups in total. The molecule has 17 heavy (non-hydrogen) atoms. The third-order valence-electron chi connectivity index (χ3n) is 2.56. The van der Waals surface area contributed by atoms with Crippen molar-refractivity contribution in [2.75, 3.05) is 7.05 Å². The van der Waals surface area contributed by atoms with Crippen molar-refractivity contribution in [3.63, 3.8) is 0 Å². The standard InChI is InChI=1S/C12H13BrN2O2/c1-8(5-6-14)15(2)12(17)9-3-4-10(13)11(16)7-9/h3-4,7-8,16H,5H2,1-2H3. The molecule has 0 radical (unpaired) electrons. The molecule has 0 aromatic heterocycles. The van der Waals surface area contributed by atoms with E-state index in [1.165, 1.54) is 11.0 Å². The number of nitrogens with zero attached hydrogens (tertiary/aromatic N) is 2. The van der Waals surface area contributed by atoms with Gasteiger partial charge in [0.25, 0.3) is 5.91 Å². The fourth-order valence-corrected chi connectivity index (χ4v) is 1.57. The van der Waals surface area contributed by atoms with E-state index in [0.717, 1.165) is 0 Å². The van der Waals surface area contributed by atoms with Gasteiger partial charge < -0.3 is 10.0 Å². The zero-order chi connectivity index (χ0) is 13.0. The predicted octanol–water partition coefficient (Wildman–Crippen LogP) is 2.53. The Morgan fingerprint density at radius 2 is 2.29 bits per heavy atom. The highest BCUT2D eigenvalue weighted by molar-refractivity contribution is 9.10. The topological polar surface area (TPSA) is 64.3 Å². The highest BCUT2D eigenvalue weighted by atomic mass is 79.9. The second-order valence-electron chi connectivity index (χ2n) is 3.79. The van der Waals surface area contributed by atoms with Gasteiger partial charge in [-0.05, 0) is 41.1 Å². The maximum Gasteiger partial charge on any atom is 0.254 e. The van der Waals surface area contributed by atoms with Crippen molar-refractivity contribution in [2.45, 2.75) is 19.4 Å². The van der Waals surface area contributed by atoms with Crippen LogP contribution in [0.5, 0.6) is 5.75 Å². The van der Waals surface area contributed by atoms with Crippen molar-refractivity contribution in [1.29, 1.82) is 5.26 Å². The first-order chi connectivity index (χ1) is 7.97. The third-order valence-corrected chi connectivity index (χ3v) is 3.23. The van der Waals surface area contributed by atoms with Gasteiger partial charge in [0.15, 0.2) is 0 Å². The Morgan fingerprint density at radius 1 is 1.65 bits per heavy atom. The van der Waals surface area contributed by atoms with E-state index >= 15 is 0 Å². The Hall–Kier alpha value is -1.54. The van der Waals surface area contributed by atoms with E-state index in [1.54, 1.807) is 26.1 Å². The maximum atomic E-state index is 12.0. The molecule has 0 saturated carbocycles. The van der Waals surface area contributed by atoms with Gasteiger partial charge >= 0.3 is 0 Å². The molecule has 1 amide bonds. The van der Waals surface area contributed by atoms with Gasteiger partial charge in [-0.2, -0.15) is 5.26 Å². The number of amides is 1. The van der Waals surface area contributed by atoms with Crippen LogP contribution in [0.3, 0.4) is 0 Å². The summed E-state index contributed by atoms with van der Waals surface area (Å²) in [5.74, 6) is -0.187. The van der Waals surface area contributed by atoms with Gasteiger partial charge in [0.05, 0.1) is 17.0 Å². The lowest BCUT2D eigenvalue weighted by molar-refractivity contribution is 0.0746. The minimum atomic E-state index is -0.212. The van der Waals surface area contributed by atoms with E-state index < -0.39 is 0 Å². The monoisotopic (exact) mass is 296 g/mol. The minimum absolute atomic E-state index is 0.0252. The smallest absolute Gasteiger partial charge is 0.254 e. The van der Waals surface area contributed by atoms with E-state index in [1.807, 2.05) is 6.07 Å². The molecule has 0 bridgehead atoms. The Kier molecular flexibility index (Phi) is 4.53. The lowest BCUT2D eigenvalue weighted by atomic mass is 10.1. The van der Waals surface area contributed by atoms with Crippen LogP contribution in [0.15, 0.2) is 22.7 Å². The van der Waals surface area contributed by atoms with E-state index in [0.29, 0.717) is 10.0 Å². The van der Waals surface area contributed by atoms with Crippen molar-refractivity contribution in [3.8, 4) is 11.8 Å². The molecule has 1 aromatic carbocycles. The van der Waals surface area contributed by atoms with Gasteiger partial charge in [-0.15, -0.1) is 0 Å². The second-order valence-corrected chi connectivity index (χ2v) is 4.65. The first-order valence-corrected chi connectivity index (χ1v) is 5.89. The third kappa shape index (κ3) is 3.21. The van der Waals surface area contributed by atoms with Gasteiger partial charge in [0.1, 0.15) is 5.75 Å². The Morgan fingerprint density at radius 3 is 2.82 bits per heavy atom. The van der Waals surface area contributed by atoms with Gasteiger partial charge in [0.2, 0.25) is 0 Å². The molecule has 90 valence electrons. The molecule has 0 aliphatic carbocycles. The van der Waals surface area contributed by atoms with Crippen LogP contribution in [0.25, 0.3) is 0 Å². The number of hydrogen-bond acceptors (Lipinski definition) is 3. The number of nitriles is 1. The average Bonchev–Trinajstić information content (AvgIpc) is 2.31. The van der Waals surface area contributed by atoms with E-state index in [2.05, 4.69) is 15.9 Å². The number of rotatable bonds is 3. The summed E-state index contributed by atoms with van der Waals surface area (Å²) in [6.07, 6.45) is 0.282. The van der Waals surface area contributed by atoms with Crippen LogP contribution in [0.1, 0.15) is 23.7 Å². The molecule has 1 aromatic rings. The first-order valence-electron chi connectivity index (χ1n) is 5.10. The lowest BCUT2D eigenvalue weighted by Gasteiger charge is -2.23. The molecular formula is C12H13BrN2O2. The highest BCUT2D eigenvalue weighted by Crippen LogP contribution is 2.25. The van der Waals surface area contributed by atoms with E-state index in [-0.39, 0.29) is 24.1 Å². The number of aromatic hydroxyl groups is 1. The summed E-state index contributed by atoms with van der Waals surface area (Å²) in [4.78, 5) is 13.5. The first kappa shape index (κ1) is 13.5. The SMILES string of the molecule is CC(CC#N)N(C)C(=O)c1ccc(Br)c(O)c1. The van der Waals surface area contributed by atoms with Crippen LogP contribution < -0.4 is 0 Å². The van der Waals surface area contributed by atoms with Crippen LogP contribution in [-0.4, -0.2) is 29.0 Å². The van der Waals surface area contributed by atoms with Gasteiger partial charge in [-0.1, -0.05) is 0 Å². The molecule has 1 rings (SSSR count). The summed E-state index contributed by atoms with van der Waals surface area (Å²) in [5.41, 5.74) is 0.401. The Balaban J connectivity index is 2.89. The van der Waals surface area contributed by atoms with Gasteiger partial charge in [0, 0.05) is 18.7 Å². The fraction of sp³-hybridized carbons (Fsp3) is 0.333. The molecule has 1 atom stereocenters. The molecule has 0 heterocycles. The molecule has 4 nitrogen and oxygen atoms in total. The summed E-state index contributed by atoms with van der Waals surface area (Å²) < 4.78 is 0.543. The number of carbonyl (C=O) groups excluding carboxylic acids is 1. The van der Waals surface area contributed by atoms with Crippen molar-refractivity contribution in [2.24, 2.45) is 0 Å². The quantitative estimate of drug-likeness (QED) is 0.932. The van der Waals surface area contributed by atoms with Crippen molar-refractivity contribution < 1.29 is 9.90 Å². The molecular weight excluding hydrogens is 284 g/mol. The zero-order valence-corrected chi connectivity index (χ0v) is 11.2. The Labute approximate surface area is 109 Å². The van der Waals surface area contributed by atoms with Crippen molar-refractivity contribution in [3.05, 3.63) is 28.2 Å². The molecule has 1 unspecified atom stereocenters. The summed E-state index contributed by atoms with van der Waals surface area (Å²) in [7, 11) is 1.64. The summed E-state index contributed by atoms with van der Waals surface area (Å²) >= 11 is 3.15. The highest BCUT2D eigenvalue weighted by Gasteiger charge is 2.17. The molecule has 0 spiro atoms. The fourth-order valence-electron chi connectivity index (χ4n) is 1.32. The molecule has 5 heteroatoms. The number of halogens is 1. The van der Waals surface area contributed by atoms with Crippen LogP contribution in [0, 0.1) is 11.3 Å². The number of benzene rings is 1. The predicted molar refractivity (Wildman–Crippen MR) is 67.6 cm³/mol. The molecule has 0 aliphatic heterocycles. The van der Waals surface area contributed by atoms with Crippen LogP contribution >= 0.6 is 15.9 Å². The van der Waals surface area contributed by atoms with Crippen LogP contribution in [-0.2, 0) is 0 Å². The summed E-state index contributed by atoms with van der Waals surface area (Å²) in [6.45, 7) is 1.81. The summed E-state index contributed by atoms with van der Waals surface area (Å²) in [5, 5.41) is 18.1. The number of phenolic OH excluding ortho intramolecular Hbond substituents is 1. The van der Waals surface area contributed by atoms with Crippen molar-refractivity contribution in [1.82, 2.24) is 4.90 Å². The number of carbonyl (C=O) groups is 1. The van der Waals surface area contributed by atoms with E-state index in [9.17, 15) is 9.90 Å². The average molecular weight is 297 g/mol. The van der Waals surface area contributed by atoms with Gasteiger partial charge in [-0.25, -0.2) is 0 Å². The number of phenols is 1. The summed E-state index contributed by atoms with van der Waals surface area (Å²) in [6, 6.07) is 6.52.